The van der Waals surface area contributed by atoms with Crippen LogP contribution in [0.5, 0.6) is 5.75 Å². The van der Waals surface area contributed by atoms with E-state index in [4.69, 9.17) is 51.8 Å². The van der Waals surface area contributed by atoms with Crippen LogP contribution < -0.4 is 20.3 Å². The first-order valence-electron chi connectivity index (χ1n) is 11.1. The maximum absolute atomic E-state index is 12.5. The fourth-order valence-electron chi connectivity index (χ4n) is 3.56. The number of carbonyl (C=O) groups excluding carboxylic acids is 2. The Morgan fingerprint density at radius 1 is 0.971 bits per heavy atom. The van der Waals surface area contributed by atoms with Crippen molar-refractivity contribution in [3.05, 3.63) is 51.5 Å². The standard InChI is InChI=1S/C24H27Cl3N4O3S/c1-14(2)23(33)31-10-8-30(9-11-31)20-6-5-17(13-18(20)26)28-24(35)29-22(32)15(3)34-21-7-4-16(25)12-19(21)27/h4-7,12-15H,8-11H2,1-3H3,(H2,28,29,32,35). The number of hydrogen-bond acceptors (Lipinski definition) is 5. The Kier molecular flexibility index (Phi) is 9.47. The maximum atomic E-state index is 12.5. The molecule has 2 aromatic rings. The average molecular weight is 558 g/mol. The van der Waals surface area contributed by atoms with E-state index in [9.17, 15) is 9.59 Å². The first-order chi connectivity index (χ1) is 16.5. The second-order valence-electron chi connectivity index (χ2n) is 8.41. The van der Waals surface area contributed by atoms with Gasteiger partial charge in [-0.25, -0.2) is 0 Å². The molecular formula is C24H27Cl3N4O3S. The van der Waals surface area contributed by atoms with Crippen LogP contribution >= 0.6 is 47.0 Å². The number of benzene rings is 2. The van der Waals surface area contributed by atoms with Crippen molar-refractivity contribution in [2.45, 2.75) is 26.9 Å². The van der Waals surface area contributed by atoms with E-state index in [2.05, 4.69) is 15.5 Å². The summed E-state index contributed by atoms with van der Waals surface area (Å²) in [6, 6.07) is 10.2. The lowest BCUT2D eigenvalue weighted by Gasteiger charge is -2.37. The molecule has 1 fully saturated rings. The quantitative estimate of drug-likeness (QED) is 0.474. The topological polar surface area (TPSA) is 73.9 Å². The molecule has 2 aromatic carbocycles. The predicted molar refractivity (Wildman–Crippen MR) is 146 cm³/mol. The van der Waals surface area contributed by atoms with Crippen LogP contribution in [0.15, 0.2) is 36.4 Å². The molecule has 3 rings (SSSR count). The smallest absolute Gasteiger partial charge is 0.266 e. The van der Waals surface area contributed by atoms with Gasteiger partial charge in [0.15, 0.2) is 11.2 Å². The summed E-state index contributed by atoms with van der Waals surface area (Å²) >= 11 is 23.8. The van der Waals surface area contributed by atoms with Gasteiger partial charge in [0.2, 0.25) is 5.91 Å². The van der Waals surface area contributed by atoms with Crippen molar-refractivity contribution in [1.29, 1.82) is 0 Å². The Balaban J connectivity index is 1.53. The second-order valence-corrected chi connectivity index (χ2v) is 10.1. The molecule has 1 saturated heterocycles. The van der Waals surface area contributed by atoms with Crippen molar-refractivity contribution in [3.63, 3.8) is 0 Å². The molecule has 0 spiro atoms. The highest BCUT2D eigenvalue weighted by Crippen LogP contribution is 2.30. The number of anilines is 2. The number of thiocarbonyl (C=S) groups is 1. The zero-order chi connectivity index (χ0) is 25.7. The lowest BCUT2D eigenvalue weighted by atomic mass is 10.1. The van der Waals surface area contributed by atoms with E-state index < -0.39 is 12.0 Å². The monoisotopic (exact) mass is 556 g/mol. The third kappa shape index (κ3) is 7.36. The zero-order valence-electron chi connectivity index (χ0n) is 19.6. The number of nitrogens with zero attached hydrogens (tertiary/aromatic N) is 2. The third-order valence-electron chi connectivity index (χ3n) is 5.44. The molecule has 0 bridgehead atoms. The van der Waals surface area contributed by atoms with E-state index in [-0.39, 0.29) is 16.9 Å². The predicted octanol–water partition coefficient (Wildman–Crippen LogP) is 5.23. The van der Waals surface area contributed by atoms with Crippen molar-refractivity contribution in [2.24, 2.45) is 5.92 Å². The summed E-state index contributed by atoms with van der Waals surface area (Å²) in [6.45, 7) is 8.13. The number of carbonyl (C=O) groups is 2. The normalized spacial score (nSPS) is 14.5. The van der Waals surface area contributed by atoms with Crippen LogP contribution in [0.1, 0.15) is 20.8 Å². The van der Waals surface area contributed by atoms with Crippen LogP contribution in [0.3, 0.4) is 0 Å². The van der Waals surface area contributed by atoms with Gasteiger partial charge in [0, 0.05) is 42.8 Å². The highest BCUT2D eigenvalue weighted by Gasteiger charge is 2.24. The van der Waals surface area contributed by atoms with Crippen molar-refractivity contribution < 1.29 is 14.3 Å². The molecule has 1 aliphatic rings. The minimum Gasteiger partial charge on any atom is -0.479 e. The molecule has 0 radical (unpaired) electrons. The molecule has 2 amide bonds. The molecular weight excluding hydrogens is 531 g/mol. The molecule has 0 aromatic heterocycles. The number of rotatable bonds is 6. The summed E-state index contributed by atoms with van der Waals surface area (Å²) in [4.78, 5) is 28.7. The van der Waals surface area contributed by atoms with Crippen LogP contribution in [-0.4, -0.2) is 54.1 Å². The lowest BCUT2D eigenvalue weighted by molar-refractivity contribution is -0.134. The van der Waals surface area contributed by atoms with Gasteiger partial charge in [0.25, 0.3) is 5.91 Å². The van der Waals surface area contributed by atoms with Crippen molar-refractivity contribution >= 4 is 75.3 Å². The Morgan fingerprint density at radius 2 is 1.66 bits per heavy atom. The van der Waals surface area contributed by atoms with Crippen LogP contribution in [-0.2, 0) is 9.59 Å². The first kappa shape index (κ1) is 27.3. The number of hydrogen-bond donors (Lipinski definition) is 2. The number of ether oxygens (including phenoxy) is 1. The van der Waals surface area contributed by atoms with Crippen LogP contribution in [0.2, 0.25) is 15.1 Å². The second kappa shape index (κ2) is 12.1. The van der Waals surface area contributed by atoms with Gasteiger partial charge in [0.05, 0.1) is 15.7 Å². The van der Waals surface area contributed by atoms with Gasteiger partial charge in [-0.1, -0.05) is 48.7 Å². The SMILES string of the molecule is CC(C)C(=O)N1CCN(c2ccc(NC(=S)NC(=O)C(C)Oc3ccc(Cl)cc3Cl)cc2Cl)CC1. The van der Waals surface area contributed by atoms with E-state index in [1.807, 2.05) is 30.9 Å². The molecule has 188 valence electrons. The zero-order valence-corrected chi connectivity index (χ0v) is 22.7. The summed E-state index contributed by atoms with van der Waals surface area (Å²) in [5.41, 5.74) is 1.51. The van der Waals surface area contributed by atoms with E-state index in [1.54, 1.807) is 25.1 Å². The van der Waals surface area contributed by atoms with Gasteiger partial charge in [0.1, 0.15) is 5.75 Å². The number of piperazine rings is 1. The van der Waals surface area contributed by atoms with Crippen LogP contribution in [0.25, 0.3) is 0 Å². The summed E-state index contributed by atoms with van der Waals surface area (Å²) in [5.74, 6) is 0.0610. The first-order valence-corrected chi connectivity index (χ1v) is 12.7. The van der Waals surface area contributed by atoms with Crippen molar-refractivity contribution in [2.75, 3.05) is 36.4 Å². The van der Waals surface area contributed by atoms with E-state index in [0.29, 0.717) is 52.7 Å². The molecule has 0 aliphatic carbocycles. The molecule has 1 heterocycles. The third-order valence-corrected chi connectivity index (χ3v) is 6.47. The van der Waals surface area contributed by atoms with E-state index in [0.717, 1.165) is 5.69 Å². The number of nitrogens with one attached hydrogen (secondary N) is 2. The lowest BCUT2D eigenvalue weighted by Crippen LogP contribution is -2.50. The summed E-state index contributed by atoms with van der Waals surface area (Å²) in [6.07, 6.45) is -0.847. The Hall–Kier alpha value is -2.26. The highest BCUT2D eigenvalue weighted by molar-refractivity contribution is 7.80. The minimum absolute atomic E-state index is 0.00962. The van der Waals surface area contributed by atoms with Gasteiger partial charge in [-0.3, -0.25) is 14.9 Å². The molecule has 11 heteroatoms. The molecule has 2 N–H and O–H groups in total. The molecule has 1 atom stereocenters. The summed E-state index contributed by atoms with van der Waals surface area (Å²) in [5, 5.41) is 6.99. The van der Waals surface area contributed by atoms with Gasteiger partial charge >= 0.3 is 0 Å². The largest absolute Gasteiger partial charge is 0.479 e. The van der Waals surface area contributed by atoms with Gasteiger partial charge in [-0.15, -0.1) is 0 Å². The fraction of sp³-hybridized carbons (Fsp3) is 0.375. The van der Waals surface area contributed by atoms with E-state index in [1.165, 1.54) is 6.07 Å². The number of halogens is 3. The van der Waals surface area contributed by atoms with Gasteiger partial charge in [-0.05, 0) is 55.5 Å². The van der Waals surface area contributed by atoms with Crippen LogP contribution in [0.4, 0.5) is 11.4 Å². The fourth-order valence-corrected chi connectivity index (χ4v) is 4.54. The summed E-state index contributed by atoms with van der Waals surface area (Å²) in [7, 11) is 0. The molecule has 1 aliphatic heterocycles. The van der Waals surface area contributed by atoms with Crippen molar-refractivity contribution in [1.82, 2.24) is 10.2 Å². The maximum Gasteiger partial charge on any atom is 0.266 e. The van der Waals surface area contributed by atoms with E-state index >= 15 is 0 Å². The summed E-state index contributed by atoms with van der Waals surface area (Å²) < 4.78 is 5.61. The number of amides is 2. The van der Waals surface area contributed by atoms with Gasteiger partial charge in [-0.2, -0.15) is 0 Å². The Labute approximate surface area is 225 Å². The molecule has 7 nitrogen and oxygen atoms in total. The van der Waals surface area contributed by atoms with Crippen molar-refractivity contribution in [3.8, 4) is 5.75 Å². The molecule has 1 unspecified atom stereocenters. The highest BCUT2D eigenvalue weighted by atomic mass is 35.5. The minimum atomic E-state index is -0.847. The average Bonchev–Trinajstić information content (AvgIpc) is 2.80. The molecule has 0 saturated carbocycles. The van der Waals surface area contributed by atoms with Crippen LogP contribution in [0, 0.1) is 5.92 Å². The Morgan fingerprint density at radius 3 is 2.26 bits per heavy atom. The molecule has 35 heavy (non-hydrogen) atoms. The Bertz CT molecular complexity index is 1110. The van der Waals surface area contributed by atoms with Gasteiger partial charge < -0.3 is 19.9 Å².